The Kier molecular flexibility index (Phi) is 2.60. The van der Waals surface area contributed by atoms with Gasteiger partial charge in [-0.25, -0.2) is 13.2 Å². The Morgan fingerprint density at radius 2 is 1.70 bits per heavy atom. The second kappa shape index (κ2) is 4.19. The van der Waals surface area contributed by atoms with E-state index in [4.69, 9.17) is 0 Å². The Morgan fingerprint density at radius 3 is 2.40 bits per heavy atom. The smallest absolute Gasteiger partial charge is 0.273 e. The molecular weight excluding hydrogens is 271 g/mol. The van der Waals surface area contributed by atoms with Crippen molar-refractivity contribution in [2.75, 3.05) is 0 Å². The Labute approximate surface area is 111 Å². The second-order valence-electron chi connectivity index (χ2n) is 4.26. The topological polar surface area (TPSA) is 43.1 Å². The monoisotopic (exact) mass is 277 g/mol. The molecule has 2 aromatic rings. The van der Waals surface area contributed by atoms with E-state index in [0.29, 0.717) is 0 Å². The largest absolute Gasteiger partial charge is 0.618 e. The molecular formula is C14H6F3NO2. The highest BCUT2D eigenvalue weighted by Crippen LogP contribution is 2.29. The van der Waals surface area contributed by atoms with Gasteiger partial charge in [0, 0.05) is 6.07 Å². The van der Waals surface area contributed by atoms with Gasteiger partial charge in [0.05, 0.1) is 5.56 Å². The quantitative estimate of drug-likeness (QED) is 0.594. The van der Waals surface area contributed by atoms with Crippen LogP contribution in [0, 0.1) is 22.7 Å². The third-order valence-electron chi connectivity index (χ3n) is 3.03. The molecule has 0 atom stereocenters. The molecule has 2 aromatic carbocycles. The lowest BCUT2D eigenvalue weighted by Crippen LogP contribution is -2.17. The van der Waals surface area contributed by atoms with E-state index < -0.39 is 23.2 Å². The zero-order chi connectivity index (χ0) is 14.4. The molecule has 100 valence electrons. The van der Waals surface area contributed by atoms with Crippen LogP contribution in [0.2, 0.25) is 0 Å². The third-order valence-corrected chi connectivity index (χ3v) is 3.03. The maximum atomic E-state index is 13.2. The summed E-state index contributed by atoms with van der Waals surface area (Å²) < 4.78 is 39.4. The van der Waals surface area contributed by atoms with Crippen LogP contribution in [-0.4, -0.2) is 16.2 Å². The Bertz CT molecular complexity index is 784. The van der Waals surface area contributed by atoms with Crippen molar-refractivity contribution in [1.29, 1.82) is 0 Å². The molecule has 0 aromatic heterocycles. The molecule has 3 nitrogen and oxygen atoms in total. The lowest BCUT2D eigenvalue weighted by atomic mass is 10.0. The van der Waals surface area contributed by atoms with Crippen LogP contribution in [0.15, 0.2) is 36.4 Å². The van der Waals surface area contributed by atoms with Gasteiger partial charge in [0.25, 0.3) is 11.5 Å². The molecule has 6 heteroatoms. The minimum absolute atomic E-state index is 0.0288. The van der Waals surface area contributed by atoms with Gasteiger partial charge in [-0.2, -0.15) is 4.74 Å². The van der Waals surface area contributed by atoms with Crippen molar-refractivity contribution in [2.24, 2.45) is 0 Å². The number of ketones is 1. The van der Waals surface area contributed by atoms with Gasteiger partial charge in [-0.1, -0.05) is 0 Å². The van der Waals surface area contributed by atoms with Gasteiger partial charge in [-0.15, -0.1) is 0 Å². The van der Waals surface area contributed by atoms with Crippen molar-refractivity contribution in [1.82, 2.24) is 0 Å². The van der Waals surface area contributed by atoms with E-state index >= 15 is 0 Å². The molecule has 0 saturated heterocycles. The number of benzene rings is 2. The molecule has 0 radical (unpaired) electrons. The van der Waals surface area contributed by atoms with Gasteiger partial charge in [0.2, 0.25) is 5.69 Å². The van der Waals surface area contributed by atoms with E-state index in [-0.39, 0.29) is 27.3 Å². The molecule has 3 rings (SSSR count). The number of halogens is 3. The van der Waals surface area contributed by atoms with Gasteiger partial charge >= 0.3 is 0 Å². The zero-order valence-corrected chi connectivity index (χ0v) is 9.86. The first kappa shape index (κ1) is 12.4. The Balaban J connectivity index is 2.20. The predicted octanol–water partition coefficient (Wildman–Crippen LogP) is 2.93. The van der Waals surface area contributed by atoms with E-state index in [2.05, 4.69) is 0 Å². The Morgan fingerprint density at radius 1 is 0.950 bits per heavy atom. The highest BCUT2D eigenvalue weighted by molar-refractivity contribution is 6.52. The summed E-state index contributed by atoms with van der Waals surface area (Å²) in [6.45, 7) is 0. The van der Waals surface area contributed by atoms with E-state index in [1.165, 1.54) is 6.07 Å². The van der Waals surface area contributed by atoms with E-state index in [9.17, 15) is 23.2 Å². The predicted molar refractivity (Wildman–Crippen MR) is 64.5 cm³/mol. The first-order valence-corrected chi connectivity index (χ1v) is 5.63. The van der Waals surface area contributed by atoms with Crippen molar-refractivity contribution < 1.29 is 22.7 Å². The van der Waals surface area contributed by atoms with Crippen LogP contribution in [0.5, 0.6) is 0 Å². The molecule has 0 N–H and O–H groups in total. The molecule has 0 amide bonds. The fourth-order valence-corrected chi connectivity index (χ4v) is 2.10. The van der Waals surface area contributed by atoms with Crippen molar-refractivity contribution >= 4 is 17.2 Å². The first-order valence-electron chi connectivity index (χ1n) is 5.63. The highest BCUT2D eigenvalue weighted by Gasteiger charge is 2.37. The fourth-order valence-electron chi connectivity index (χ4n) is 2.10. The summed E-state index contributed by atoms with van der Waals surface area (Å²) in [5.74, 6) is -3.57. The van der Waals surface area contributed by atoms with Crippen LogP contribution in [0.1, 0.15) is 15.9 Å². The lowest BCUT2D eigenvalue weighted by Gasteiger charge is -2.02. The standard InChI is InChI=1S/C14H6F3NO2/c15-8-2-3-9-12(6-8)18(20)13(14(9)19)7-1-4-10(16)11(17)5-7/h1-6H. The van der Waals surface area contributed by atoms with Crippen LogP contribution in [0.3, 0.4) is 0 Å². The zero-order valence-electron chi connectivity index (χ0n) is 9.86. The third kappa shape index (κ3) is 1.69. The number of fused-ring (bicyclic) bond motifs is 1. The van der Waals surface area contributed by atoms with Crippen LogP contribution >= 0.6 is 0 Å². The van der Waals surface area contributed by atoms with E-state index in [1.54, 1.807) is 0 Å². The summed E-state index contributed by atoms with van der Waals surface area (Å²) in [6.07, 6.45) is 0. The minimum Gasteiger partial charge on any atom is -0.618 e. The molecule has 0 bridgehead atoms. The second-order valence-corrected chi connectivity index (χ2v) is 4.26. The normalized spacial score (nSPS) is 13.8. The average Bonchev–Trinajstić information content (AvgIpc) is 2.65. The molecule has 0 unspecified atom stereocenters. The minimum atomic E-state index is -1.17. The summed E-state index contributed by atoms with van der Waals surface area (Å²) in [5.41, 5.74) is -0.527. The SMILES string of the molecule is O=C1C(c2ccc(F)c(F)c2)=[N+]([O-])c2cc(F)ccc21. The summed E-state index contributed by atoms with van der Waals surface area (Å²) in [6, 6.07) is 5.87. The van der Waals surface area contributed by atoms with Crippen molar-refractivity contribution in [2.45, 2.75) is 0 Å². The highest BCUT2D eigenvalue weighted by atomic mass is 19.2. The molecule has 0 saturated carbocycles. The number of carbonyl (C=O) groups is 1. The van der Waals surface area contributed by atoms with E-state index in [1.807, 2.05) is 0 Å². The Hall–Kier alpha value is -2.63. The molecule has 0 aliphatic carbocycles. The van der Waals surface area contributed by atoms with Crippen molar-refractivity contribution in [3.63, 3.8) is 0 Å². The number of carbonyl (C=O) groups excluding carboxylic acids is 1. The number of hydrogen-bond acceptors (Lipinski definition) is 2. The number of hydrogen-bond donors (Lipinski definition) is 0. The van der Waals surface area contributed by atoms with Gasteiger partial charge in [0.1, 0.15) is 11.4 Å². The summed E-state index contributed by atoms with van der Waals surface area (Å²) >= 11 is 0. The molecule has 1 aliphatic heterocycles. The fraction of sp³-hybridized carbons (Fsp3) is 0. The van der Waals surface area contributed by atoms with Crippen LogP contribution < -0.4 is 0 Å². The number of nitrogens with zero attached hydrogens (tertiary/aromatic N) is 1. The molecule has 20 heavy (non-hydrogen) atoms. The molecule has 0 fully saturated rings. The molecule has 0 spiro atoms. The number of Topliss-reactive ketones (excluding diaryl/α,β-unsaturated/α-hetero) is 1. The van der Waals surface area contributed by atoms with Gasteiger partial charge in [-0.3, -0.25) is 4.79 Å². The number of rotatable bonds is 1. The molecule has 1 heterocycles. The molecule has 1 aliphatic rings. The summed E-state index contributed by atoms with van der Waals surface area (Å²) in [5, 5.41) is 12.0. The van der Waals surface area contributed by atoms with Gasteiger partial charge in [-0.05, 0) is 30.3 Å². The van der Waals surface area contributed by atoms with Crippen LogP contribution in [0.4, 0.5) is 18.9 Å². The van der Waals surface area contributed by atoms with Crippen molar-refractivity contribution in [3.8, 4) is 0 Å². The van der Waals surface area contributed by atoms with E-state index in [0.717, 1.165) is 30.3 Å². The average molecular weight is 277 g/mol. The lowest BCUT2D eigenvalue weighted by molar-refractivity contribution is -0.355. The maximum absolute atomic E-state index is 13.2. The summed E-state index contributed by atoms with van der Waals surface area (Å²) in [4.78, 5) is 12.1. The van der Waals surface area contributed by atoms with Crippen LogP contribution in [-0.2, 0) is 0 Å². The van der Waals surface area contributed by atoms with Gasteiger partial charge < -0.3 is 5.21 Å². The maximum Gasteiger partial charge on any atom is 0.273 e. The summed E-state index contributed by atoms with van der Waals surface area (Å²) in [7, 11) is 0. The van der Waals surface area contributed by atoms with Crippen molar-refractivity contribution in [3.05, 3.63) is 70.2 Å². The van der Waals surface area contributed by atoms with Crippen LogP contribution in [0.25, 0.3) is 0 Å². The first-order chi connectivity index (χ1) is 9.49. The van der Waals surface area contributed by atoms with Gasteiger partial charge in [0.15, 0.2) is 11.6 Å².